The molecule has 2 aromatic rings. The van der Waals surface area contributed by atoms with Crippen molar-refractivity contribution in [2.45, 2.75) is 18.9 Å². The SMILES string of the molecule is O=C(C[C@@H]1NC(=O)c2ccccc2NC1=O)NCCc1ccc(O)cc1. The van der Waals surface area contributed by atoms with E-state index in [9.17, 15) is 19.5 Å². The standard InChI is InChI=1S/C19H19N3O4/c23-13-7-5-12(6-8-13)9-10-20-17(24)11-16-19(26)21-15-4-2-1-3-14(15)18(25)22-16/h1-8,16,23H,9-11H2,(H,20,24)(H,21,26)(H,22,25)/t16-/m0/s1. The average Bonchev–Trinajstić information content (AvgIpc) is 2.74. The molecule has 3 rings (SSSR count). The van der Waals surface area contributed by atoms with Crippen LogP contribution in [-0.4, -0.2) is 35.4 Å². The molecule has 7 heteroatoms. The fraction of sp³-hybridized carbons (Fsp3) is 0.211. The molecule has 4 N–H and O–H groups in total. The summed E-state index contributed by atoms with van der Waals surface area (Å²) in [6, 6.07) is 12.5. The van der Waals surface area contributed by atoms with Gasteiger partial charge in [-0.05, 0) is 36.2 Å². The molecule has 0 bridgehead atoms. The summed E-state index contributed by atoms with van der Waals surface area (Å²) in [4.78, 5) is 36.6. The molecular formula is C19H19N3O4. The lowest BCUT2D eigenvalue weighted by atomic mass is 10.1. The Morgan fingerprint density at radius 2 is 1.81 bits per heavy atom. The van der Waals surface area contributed by atoms with Crippen molar-refractivity contribution < 1.29 is 19.5 Å². The van der Waals surface area contributed by atoms with E-state index < -0.39 is 11.9 Å². The predicted molar refractivity (Wildman–Crippen MR) is 95.8 cm³/mol. The van der Waals surface area contributed by atoms with Gasteiger partial charge in [0.15, 0.2) is 0 Å². The molecule has 1 atom stereocenters. The van der Waals surface area contributed by atoms with Gasteiger partial charge >= 0.3 is 0 Å². The summed E-state index contributed by atoms with van der Waals surface area (Å²) >= 11 is 0. The van der Waals surface area contributed by atoms with Gasteiger partial charge in [0.2, 0.25) is 11.8 Å². The van der Waals surface area contributed by atoms with Gasteiger partial charge in [0, 0.05) is 6.54 Å². The number of aromatic hydroxyl groups is 1. The third-order valence-corrected chi connectivity index (χ3v) is 4.11. The molecule has 0 fully saturated rings. The Morgan fingerprint density at radius 3 is 2.58 bits per heavy atom. The molecule has 0 saturated heterocycles. The summed E-state index contributed by atoms with van der Waals surface area (Å²) < 4.78 is 0. The van der Waals surface area contributed by atoms with Crippen LogP contribution in [-0.2, 0) is 16.0 Å². The maximum atomic E-state index is 12.3. The Hall–Kier alpha value is -3.35. The Kier molecular flexibility index (Phi) is 5.17. The Balaban J connectivity index is 1.53. The summed E-state index contributed by atoms with van der Waals surface area (Å²) in [6.45, 7) is 0.395. The minimum Gasteiger partial charge on any atom is -0.508 e. The van der Waals surface area contributed by atoms with E-state index in [4.69, 9.17) is 0 Å². The maximum Gasteiger partial charge on any atom is 0.254 e. The lowest BCUT2D eigenvalue weighted by Crippen LogP contribution is -2.44. The number of phenols is 1. The first kappa shape index (κ1) is 17.5. The number of para-hydroxylation sites is 1. The fourth-order valence-corrected chi connectivity index (χ4v) is 2.72. The van der Waals surface area contributed by atoms with Crippen molar-refractivity contribution in [3.05, 3.63) is 59.7 Å². The third-order valence-electron chi connectivity index (χ3n) is 4.11. The number of anilines is 1. The number of hydrogen-bond acceptors (Lipinski definition) is 4. The highest BCUT2D eigenvalue weighted by atomic mass is 16.3. The van der Waals surface area contributed by atoms with Gasteiger partial charge in [-0.2, -0.15) is 0 Å². The van der Waals surface area contributed by atoms with Crippen LogP contribution in [0.4, 0.5) is 5.69 Å². The second-order valence-electron chi connectivity index (χ2n) is 6.03. The van der Waals surface area contributed by atoms with E-state index in [1.165, 1.54) is 0 Å². The molecule has 134 valence electrons. The molecular weight excluding hydrogens is 334 g/mol. The van der Waals surface area contributed by atoms with Crippen LogP contribution >= 0.6 is 0 Å². The van der Waals surface area contributed by atoms with Crippen molar-refractivity contribution in [1.29, 1.82) is 0 Å². The molecule has 1 aliphatic rings. The predicted octanol–water partition coefficient (Wildman–Crippen LogP) is 1.19. The van der Waals surface area contributed by atoms with E-state index >= 15 is 0 Å². The molecule has 1 heterocycles. The van der Waals surface area contributed by atoms with Crippen LogP contribution in [0.5, 0.6) is 5.75 Å². The number of fused-ring (bicyclic) bond motifs is 1. The number of benzene rings is 2. The minimum absolute atomic E-state index is 0.138. The molecule has 0 spiro atoms. The smallest absolute Gasteiger partial charge is 0.254 e. The Labute approximate surface area is 150 Å². The van der Waals surface area contributed by atoms with Crippen LogP contribution in [0.15, 0.2) is 48.5 Å². The van der Waals surface area contributed by atoms with Gasteiger partial charge in [-0.3, -0.25) is 14.4 Å². The number of amides is 3. The number of rotatable bonds is 5. The van der Waals surface area contributed by atoms with Crippen molar-refractivity contribution >= 4 is 23.4 Å². The highest BCUT2D eigenvalue weighted by Crippen LogP contribution is 2.18. The molecule has 0 aromatic heterocycles. The van der Waals surface area contributed by atoms with Crippen molar-refractivity contribution in [1.82, 2.24) is 10.6 Å². The van der Waals surface area contributed by atoms with E-state index in [2.05, 4.69) is 16.0 Å². The summed E-state index contributed by atoms with van der Waals surface area (Å²) in [5.41, 5.74) is 1.78. The first-order chi connectivity index (χ1) is 12.5. The molecule has 3 amide bonds. The Bertz CT molecular complexity index is 833. The van der Waals surface area contributed by atoms with Crippen LogP contribution in [0, 0.1) is 0 Å². The molecule has 0 saturated carbocycles. The van der Waals surface area contributed by atoms with Gasteiger partial charge in [0.25, 0.3) is 5.91 Å². The summed E-state index contributed by atoms with van der Waals surface area (Å²) in [5, 5.41) is 17.2. The van der Waals surface area contributed by atoms with E-state index in [0.29, 0.717) is 24.2 Å². The highest BCUT2D eigenvalue weighted by molar-refractivity contribution is 6.10. The van der Waals surface area contributed by atoms with E-state index in [1.807, 2.05) is 0 Å². The second-order valence-corrected chi connectivity index (χ2v) is 6.03. The fourth-order valence-electron chi connectivity index (χ4n) is 2.72. The summed E-state index contributed by atoms with van der Waals surface area (Å²) in [5.74, 6) is -0.943. The largest absolute Gasteiger partial charge is 0.508 e. The first-order valence-corrected chi connectivity index (χ1v) is 8.28. The van der Waals surface area contributed by atoms with Gasteiger partial charge in [-0.25, -0.2) is 0 Å². The van der Waals surface area contributed by atoms with Crippen molar-refractivity contribution in [2.24, 2.45) is 0 Å². The number of phenolic OH excluding ortho intramolecular Hbond substituents is 1. The zero-order valence-electron chi connectivity index (χ0n) is 14.0. The molecule has 2 aromatic carbocycles. The van der Waals surface area contributed by atoms with E-state index in [1.54, 1.807) is 48.5 Å². The van der Waals surface area contributed by atoms with Crippen molar-refractivity contribution in [3.63, 3.8) is 0 Å². The topological polar surface area (TPSA) is 108 Å². The number of carbonyl (C=O) groups excluding carboxylic acids is 3. The number of hydrogen-bond donors (Lipinski definition) is 4. The van der Waals surface area contributed by atoms with Crippen LogP contribution in [0.25, 0.3) is 0 Å². The van der Waals surface area contributed by atoms with Gasteiger partial charge in [-0.1, -0.05) is 24.3 Å². The lowest BCUT2D eigenvalue weighted by Gasteiger charge is -2.14. The molecule has 0 aliphatic carbocycles. The summed E-state index contributed by atoms with van der Waals surface area (Å²) in [6.07, 6.45) is 0.460. The highest BCUT2D eigenvalue weighted by Gasteiger charge is 2.29. The molecule has 26 heavy (non-hydrogen) atoms. The van der Waals surface area contributed by atoms with Crippen LogP contribution in [0.3, 0.4) is 0 Å². The maximum absolute atomic E-state index is 12.3. The third kappa shape index (κ3) is 4.18. The van der Waals surface area contributed by atoms with Crippen LogP contribution in [0.2, 0.25) is 0 Å². The zero-order chi connectivity index (χ0) is 18.5. The zero-order valence-corrected chi connectivity index (χ0v) is 14.0. The van der Waals surface area contributed by atoms with E-state index in [-0.39, 0.29) is 24.0 Å². The van der Waals surface area contributed by atoms with Gasteiger partial charge in [0.1, 0.15) is 11.8 Å². The van der Waals surface area contributed by atoms with Gasteiger partial charge in [-0.15, -0.1) is 0 Å². The molecule has 7 nitrogen and oxygen atoms in total. The minimum atomic E-state index is -0.927. The number of nitrogens with one attached hydrogen (secondary N) is 3. The van der Waals surface area contributed by atoms with E-state index in [0.717, 1.165) is 5.56 Å². The monoisotopic (exact) mass is 353 g/mol. The normalized spacial score (nSPS) is 16.1. The van der Waals surface area contributed by atoms with Gasteiger partial charge in [0.05, 0.1) is 17.7 Å². The average molecular weight is 353 g/mol. The second kappa shape index (κ2) is 7.69. The lowest BCUT2D eigenvalue weighted by molar-refractivity contribution is -0.125. The molecule has 0 unspecified atom stereocenters. The molecule has 1 aliphatic heterocycles. The van der Waals surface area contributed by atoms with Gasteiger partial charge < -0.3 is 21.1 Å². The Morgan fingerprint density at radius 1 is 1.08 bits per heavy atom. The van der Waals surface area contributed by atoms with Crippen LogP contribution < -0.4 is 16.0 Å². The summed E-state index contributed by atoms with van der Waals surface area (Å²) in [7, 11) is 0. The number of carbonyl (C=O) groups is 3. The first-order valence-electron chi connectivity index (χ1n) is 8.28. The quantitative estimate of drug-likeness (QED) is 0.648. The van der Waals surface area contributed by atoms with Crippen molar-refractivity contribution in [3.8, 4) is 5.75 Å². The molecule has 0 radical (unpaired) electrons. The van der Waals surface area contributed by atoms with Crippen molar-refractivity contribution in [2.75, 3.05) is 11.9 Å². The van der Waals surface area contributed by atoms with Crippen LogP contribution in [0.1, 0.15) is 22.3 Å².